The molecule has 1 saturated heterocycles. The third-order valence-electron chi connectivity index (χ3n) is 6.73. The monoisotopic (exact) mass is 497 g/mol. The van der Waals surface area contributed by atoms with E-state index in [-0.39, 0.29) is 23.9 Å². The maximum absolute atomic E-state index is 13.5. The molecule has 5 rings (SSSR count). The van der Waals surface area contributed by atoms with Crippen molar-refractivity contribution in [1.29, 1.82) is 0 Å². The van der Waals surface area contributed by atoms with Crippen LogP contribution < -0.4 is 0 Å². The van der Waals surface area contributed by atoms with E-state index in [9.17, 15) is 14.0 Å². The molecule has 6 nitrogen and oxygen atoms in total. The fraction of sp³-hybridized carbons (Fsp3) is 0.233. The molecule has 0 saturated carbocycles. The minimum atomic E-state index is -0.645. The summed E-state index contributed by atoms with van der Waals surface area (Å²) in [5.41, 5.74) is 3.23. The fourth-order valence-corrected chi connectivity index (χ4v) is 4.69. The van der Waals surface area contributed by atoms with Crippen molar-refractivity contribution >= 4 is 11.9 Å². The Morgan fingerprint density at radius 1 is 0.892 bits per heavy atom. The van der Waals surface area contributed by atoms with Gasteiger partial charge in [-0.05, 0) is 67.1 Å². The second-order valence-electron chi connectivity index (χ2n) is 9.27. The van der Waals surface area contributed by atoms with Crippen LogP contribution in [0.1, 0.15) is 28.8 Å². The first kappa shape index (κ1) is 24.4. The van der Waals surface area contributed by atoms with Crippen LogP contribution >= 0.6 is 0 Å². The summed E-state index contributed by atoms with van der Waals surface area (Å²) in [6.45, 7) is 0.975. The number of amides is 1. The summed E-state index contributed by atoms with van der Waals surface area (Å²) < 4.78 is 20.5. The Morgan fingerprint density at radius 2 is 1.54 bits per heavy atom. The molecule has 0 unspecified atom stereocenters. The van der Waals surface area contributed by atoms with Crippen LogP contribution in [-0.4, -0.2) is 46.3 Å². The fourth-order valence-electron chi connectivity index (χ4n) is 4.69. The molecule has 37 heavy (non-hydrogen) atoms. The van der Waals surface area contributed by atoms with Crippen molar-refractivity contribution in [3.05, 3.63) is 108 Å². The lowest BCUT2D eigenvalue weighted by atomic mass is 9.90. The number of carbonyl (C=O) groups is 2. The van der Waals surface area contributed by atoms with Crippen LogP contribution in [0.4, 0.5) is 4.39 Å². The average Bonchev–Trinajstić information content (AvgIpc) is 3.39. The molecule has 1 aliphatic heterocycles. The van der Waals surface area contributed by atoms with E-state index in [0.717, 1.165) is 24.9 Å². The maximum atomic E-state index is 13.5. The van der Waals surface area contributed by atoms with Gasteiger partial charge < -0.3 is 9.64 Å². The zero-order chi connectivity index (χ0) is 25.6. The number of halogens is 1. The second kappa shape index (κ2) is 11.2. The molecule has 2 heterocycles. The van der Waals surface area contributed by atoms with Gasteiger partial charge in [0, 0.05) is 24.8 Å². The lowest BCUT2D eigenvalue weighted by Gasteiger charge is -2.32. The lowest BCUT2D eigenvalue weighted by Crippen LogP contribution is -2.41. The zero-order valence-electron chi connectivity index (χ0n) is 20.4. The quantitative estimate of drug-likeness (QED) is 0.325. The summed E-state index contributed by atoms with van der Waals surface area (Å²) in [6.07, 6.45) is 4.44. The largest absolute Gasteiger partial charge is 0.452 e. The highest BCUT2D eigenvalue weighted by molar-refractivity contribution is 5.97. The molecule has 0 radical (unpaired) electrons. The van der Waals surface area contributed by atoms with E-state index in [2.05, 4.69) is 17.2 Å². The SMILES string of the molecule is O=C(OCC(=O)N1CCC(Cc2ccccc2)CC1)c1cn(-c2ccccc2)nc1-c1ccc(F)cc1. The Bertz CT molecular complexity index is 1350. The van der Waals surface area contributed by atoms with Gasteiger partial charge in [-0.3, -0.25) is 4.79 Å². The van der Waals surface area contributed by atoms with Crippen molar-refractivity contribution in [2.24, 2.45) is 5.92 Å². The molecule has 1 fully saturated rings. The molecule has 0 atom stereocenters. The molecule has 188 valence electrons. The minimum Gasteiger partial charge on any atom is -0.452 e. The number of carbonyl (C=O) groups excluding carboxylic acids is 2. The van der Waals surface area contributed by atoms with Crippen molar-refractivity contribution in [2.45, 2.75) is 19.3 Å². The third-order valence-corrected chi connectivity index (χ3v) is 6.73. The lowest BCUT2D eigenvalue weighted by molar-refractivity contribution is -0.135. The van der Waals surface area contributed by atoms with E-state index >= 15 is 0 Å². The van der Waals surface area contributed by atoms with Gasteiger partial charge >= 0.3 is 5.97 Å². The van der Waals surface area contributed by atoms with Crippen molar-refractivity contribution in [2.75, 3.05) is 19.7 Å². The summed E-state index contributed by atoms with van der Waals surface area (Å²) in [5.74, 6) is -0.691. The van der Waals surface area contributed by atoms with Gasteiger partial charge in [-0.1, -0.05) is 48.5 Å². The van der Waals surface area contributed by atoms with E-state index in [1.807, 2.05) is 48.5 Å². The standard InChI is InChI=1S/C30H28FN3O3/c31-25-13-11-24(12-14-25)29-27(20-34(32-29)26-9-5-2-6-10-26)30(36)37-21-28(35)33-17-15-23(16-18-33)19-22-7-3-1-4-8-22/h1-14,20,23H,15-19,21H2. The van der Waals surface area contributed by atoms with Gasteiger partial charge in [0.25, 0.3) is 5.91 Å². The molecular weight excluding hydrogens is 469 g/mol. The van der Waals surface area contributed by atoms with Gasteiger partial charge in [0.1, 0.15) is 17.1 Å². The number of likely N-dealkylation sites (tertiary alicyclic amines) is 1. The number of nitrogens with zero attached hydrogens (tertiary/aromatic N) is 3. The summed E-state index contributed by atoms with van der Waals surface area (Å²) in [6, 6.07) is 25.5. The number of piperidine rings is 1. The van der Waals surface area contributed by atoms with Gasteiger partial charge in [-0.15, -0.1) is 0 Å². The number of hydrogen-bond donors (Lipinski definition) is 0. The summed E-state index contributed by atoms with van der Waals surface area (Å²) in [4.78, 5) is 27.6. The van der Waals surface area contributed by atoms with Crippen molar-refractivity contribution in [1.82, 2.24) is 14.7 Å². The molecule has 0 N–H and O–H groups in total. The predicted molar refractivity (Wildman–Crippen MR) is 139 cm³/mol. The summed E-state index contributed by atoms with van der Waals surface area (Å²) in [7, 11) is 0. The van der Waals surface area contributed by atoms with Gasteiger partial charge in [0.2, 0.25) is 0 Å². The highest BCUT2D eigenvalue weighted by Gasteiger charge is 2.25. The van der Waals surface area contributed by atoms with Crippen LogP contribution in [0, 0.1) is 11.7 Å². The highest BCUT2D eigenvalue weighted by atomic mass is 19.1. The van der Waals surface area contributed by atoms with Gasteiger partial charge in [0.05, 0.1) is 5.69 Å². The third kappa shape index (κ3) is 5.94. The van der Waals surface area contributed by atoms with E-state index in [0.29, 0.717) is 30.3 Å². The minimum absolute atomic E-state index is 0.203. The first-order chi connectivity index (χ1) is 18.1. The number of rotatable bonds is 7. The first-order valence-electron chi connectivity index (χ1n) is 12.5. The van der Waals surface area contributed by atoms with E-state index in [4.69, 9.17) is 4.74 Å². The average molecular weight is 498 g/mol. The van der Waals surface area contributed by atoms with Gasteiger partial charge in [0.15, 0.2) is 6.61 Å². The Morgan fingerprint density at radius 3 is 2.22 bits per heavy atom. The summed E-state index contributed by atoms with van der Waals surface area (Å²) in [5, 5.41) is 4.56. The van der Waals surface area contributed by atoms with Crippen molar-refractivity contribution < 1.29 is 18.7 Å². The van der Waals surface area contributed by atoms with Crippen LogP contribution in [0.3, 0.4) is 0 Å². The molecule has 7 heteroatoms. The Hall–Kier alpha value is -4.26. The van der Waals surface area contributed by atoms with E-state index < -0.39 is 5.97 Å². The van der Waals surface area contributed by atoms with Crippen molar-refractivity contribution in [3.63, 3.8) is 0 Å². The Labute approximate surface area is 215 Å². The topological polar surface area (TPSA) is 64.4 Å². The van der Waals surface area contributed by atoms with Crippen LogP contribution in [-0.2, 0) is 16.0 Å². The number of ether oxygens (including phenoxy) is 1. The number of aromatic nitrogens is 2. The number of esters is 1. The van der Waals surface area contributed by atoms with Crippen LogP contribution in [0.15, 0.2) is 91.1 Å². The molecule has 0 spiro atoms. The first-order valence-corrected chi connectivity index (χ1v) is 12.5. The van der Waals surface area contributed by atoms with Gasteiger partial charge in [-0.25, -0.2) is 13.9 Å². The number of hydrogen-bond acceptors (Lipinski definition) is 4. The van der Waals surface area contributed by atoms with E-state index in [1.54, 1.807) is 27.9 Å². The number of para-hydroxylation sites is 1. The Balaban J connectivity index is 1.23. The van der Waals surface area contributed by atoms with Crippen LogP contribution in [0.25, 0.3) is 16.9 Å². The molecule has 1 aliphatic rings. The molecule has 4 aromatic rings. The molecule has 3 aromatic carbocycles. The molecular formula is C30H28FN3O3. The molecule has 1 aromatic heterocycles. The second-order valence-corrected chi connectivity index (χ2v) is 9.27. The highest BCUT2D eigenvalue weighted by Crippen LogP contribution is 2.25. The van der Waals surface area contributed by atoms with Crippen LogP contribution in [0.2, 0.25) is 0 Å². The molecule has 0 bridgehead atoms. The van der Waals surface area contributed by atoms with Crippen LogP contribution in [0.5, 0.6) is 0 Å². The van der Waals surface area contributed by atoms with Gasteiger partial charge in [-0.2, -0.15) is 5.10 Å². The zero-order valence-corrected chi connectivity index (χ0v) is 20.4. The normalized spacial score (nSPS) is 13.9. The maximum Gasteiger partial charge on any atom is 0.342 e. The smallest absolute Gasteiger partial charge is 0.342 e. The summed E-state index contributed by atoms with van der Waals surface area (Å²) >= 11 is 0. The number of benzene rings is 3. The molecule has 1 amide bonds. The van der Waals surface area contributed by atoms with Crippen molar-refractivity contribution in [3.8, 4) is 16.9 Å². The van der Waals surface area contributed by atoms with E-state index in [1.165, 1.54) is 17.7 Å². The molecule has 0 aliphatic carbocycles. The predicted octanol–water partition coefficient (Wildman–Crippen LogP) is 5.32. The Kier molecular flexibility index (Phi) is 7.40.